The highest BCUT2D eigenvalue weighted by Gasteiger charge is 2.23. The number of halogens is 1. The summed E-state index contributed by atoms with van der Waals surface area (Å²) in [6.07, 6.45) is 1.85. The first-order valence-corrected chi connectivity index (χ1v) is 10.1. The van der Waals surface area contributed by atoms with Crippen LogP contribution in [0.5, 0.6) is 0 Å². The number of hydrogen-bond acceptors (Lipinski definition) is 5. The van der Waals surface area contributed by atoms with Gasteiger partial charge in [0, 0.05) is 54.6 Å². The van der Waals surface area contributed by atoms with E-state index in [9.17, 15) is 9.18 Å². The third-order valence-electron chi connectivity index (χ3n) is 4.92. The lowest BCUT2D eigenvalue weighted by atomic mass is 10.1. The standard InChI is InChI=1S/C21H21FN4OS/c1-14-3-4-16(11-18(14)22)21(27)26-9-7-25(8-10-26)19-6-5-17(12-23-19)20-24-15(2)13-28-20/h3-6,11-13H,7-10H2,1-2H3. The minimum atomic E-state index is -0.343. The number of amides is 1. The molecule has 1 aliphatic heterocycles. The number of carbonyl (C=O) groups is 1. The molecule has 0 unspecified atom stereocenters. The number of hydrogen-bond donors (Lipinski definition) is 0. The normalized spacial score (nSPS) is 14.4. The molecule has 1 aromatic carbocycles. The van der Waals surface area contributed by atoms with Gasteiger partial charge in [-0.1, -0.05) is 6.07 Å². The number of aryl methyl sites for hydroxylation is 2. The van der Waals surface area contributed by atoms with Crippen LogP contribution >= 0.6 is 11.3 Å². The molecule has 0 aliphatic carbocycles. The molecular formula is C21H21FN4OS. The number of piperazine rings is 1. The Morgan fingerprint density at radius 2 is 1.89 bits per heavy atom. The van der Waals surface area contributed by atoms with Gasteiger partial charge in [-0.25, -0.2) is 14.4 Å². The number of aromatic nitrogens is 2. The highest BCUT2D eigenvalue weighted by atomic mass is 32.1. The summed E-state index contributed by atoms with van der Waals surface area (Å²) >= 11 is 1.61. The van der Waals surface area contributed by atoms with Crippen LogP contribution in [0.2, 0.25) is 0 Å². The molecule has 144 valence electrons. The van der Waals surface area contributed by atoms with E-state index in [2.05, 4.69) is 14.9 Å². The molecule has 0 N–H and O–H groups in total. The van der Waals surface area contributed by atoms with Crippen LogP contribution in [0.1, 0.15) is 21.6 Å². The van der Waals surface area contributed by atoms with Gasteiger partial charge in [0.05, 0.1) is 0 Å². The molecule has 0 bridgehead atoms. The van der Waals surface area contributed by atoms with Crippen LogP contribution in [0, 0.1) is 19.7 Å². The lowest BCUT2D eigenvalue weighted by molar-refractivity contribution is 0.0746. The van der Waals surface area contributed by atoms with E-state index in [1.807, 2.05) is 30.6 Å². The summed E-state index contributed by atoms with van der Waals surface area (Å²) in [5.41, 5.74) is 2.97. The van der Waals surface area contributed by atoms with Crippen molar-refractivity contribution >= 4 is 23.1 Å². The first-order valence-electron chi connectivity index (χ1n) is 9.20. The molecule has 0 spiro atoms. The molecular weight excluding hydrogens is 375 g/mol. The SMILES string of the molecule is Cc1csc(-c2ccc(N3CCN(C(=O)c4ccc(C)c(F)c4)CC3)nc2)n1. The fraction of sp³-hybridized carbons (Fsp3) is 0.286. The van der Waals surface area contributed by atoms with Crippen molar-refractivity contribution in [1.29, 1.82) is 0 Å². The molecule has 1 aliphatic rings. The average Bonchev–Trinajstić information content (AvgIpc) is 3.16. The Balaban J connectivity index is 1.39. The van der Waals surface area contributed by atoms with Gasteiger partial charge in [0.25, 0.3) is 5.91 Å². The summed E-state index contributed by atoms with van der Waals surface area (Å²) < 4.78 is 13.8. The average molecular weight is 396 g/mol. The van der Waals surface area contributed by atoms with Gasteiger partial charge >= 0.3 is 0 Å². The second kappa shape index (κ2) is 7.67. The maximum Gasteiger partial charge on any atom is 0.254 e. The molecule has 28 heavy (non-hydrogen) atoms. The summed E-state index contributed by atoms with van der Waals surface area (Å²) in [4.78, 5) is 25.6. The molecule has 1 saturated heterocycles. The second-order valence-corrected chi connectivity index (χ2v) is 7.80. The van der Waals surface area contributed by atoms with E-state index in [-0.39, 0.29) is 11.7 Å². The molecule has 1 amide bonds. The van der Waals surface area contributed by atoms with Crippen LogP contribution in [-0.4, -0.2) is 47.0 Å². The van der Waals surface area contributed by atoms with Crippen LogP contribution < -0.4 is 4.90 Å². The number of carbonyl (C=O) groups excluding carboxylic acids is 1. The lowest BCUT2D eigenvalue weighted by Crippen LogP contribution is -2.49. The summed E-state index contributed by atoms with van der Waals surface area (Å²) in [5, 5.41) is 3.00. The Kier molecular flexibility index (Phi) is 5.09. The van der Waals surface area contributed by atoms with Gasteiger partial charge in [0.1, 0.15) is 16.6 Å². The Hall–Kier alpha value is -2.80. The molecule has 4 rings (SSSR count). The molecule has 3 heterocycles. The first-order chi connectivity index (χ1) is 13.5. The van der Waals surface area contributed by atoms with Gasteiger partial charge in [-0.15, -0.1) is 11.3 Å². The molecule has 3 aromatic rings. The van der Waals surface area contributed by atoms with Crippen LogP contribution in [0.15, 0.2) is 41.9 Å². The van der Waals surface area contributed by atoms with Gasteiger partial charge < -0.3 is 9.80 Å². The Morgan fingerprint density at radius 1 is 1.11 bits per heavy atom. The molecule has 0 radical (unpaired) electrons. The van der Waals surface area contributed by atoms with E-state index in [0.717, 1.165) is 22.1 Å². The van der Waals surface area contributed by atoms with Crippen molar-refractivity contribution in [2.75, 3.05) is 31.1 Å². The van der Waals surface area contributed by atoms with Crippen molar-refractivity contribution in [3.05, 3.63) is 64.5 Å². The predicted molar refractivity (Wildman–Crippen MR) is 109 cm³/mol. The minimum absolute atomic E-state index is 0.124. The van der Waals surface area contributed by atoms with Gasteiger partial charge in [0.2, 0.25) is 0 Å². The predicted octanol–water partition coefficient (Wildman–Crippen LogP) is 3.92. The van der Waals surface area contributed by atoms with Gasteiger partial charge in [-0.3, -0.25) is 4.79 Å². The van der Waals surface area contributed by atoms with E-state index < -0.39 is 0 Å². The Labute approximate surface area is 167 Å². The minimum Gasteiger partial charge on any atom is -0.353 e. The maximum absolute atomic E-state index is 13.8. The zero-order valence-corrected chi connectivity index (χ0v) is 16.7. The van der Waals surface area contributed by atoms with Crippen LogP contribution in [-0.2, 0) is 0 Å². The third-order valence-corrected chi connectivity index (χ3v) is 5.93. The third kappa shape index (κ3) is 3.75. The smallest absolute Gasteiger partial charge is 0.254 e. The van der Waals surface area contributed by atoms with Gasteiger partial charge in [0.15, 0.2) is 0 Å². The number of pyridine rings is 1. The van der Waals surface area contributed by atoms with E-state index in [1.54, 1.807) is 35.3 Å². The summed E-state index contributed by atoms with van der Waals surface area (Å²) in [5.74, 6) is 0.427. The van der Waals surface area contributed by atoms with Crippen molar-refractivity contribution in [3.8, 4) is 10.6 Å². The largest absolute Gasteiger partial charge is 0.353 e. The molecule has 7 heteroatoms. The fourth-order valence-electron chi connectivity index (χ4n) is 3.23. The summed E-state index contributed by atoms with van der Waals surface area (Å²) in [6, 6.07) is 8.69. The van der Waals surface area contributed by atoms with Crippen molar-refractivity contribution in [3.63, 3.8) is 0 Å². The highest BCUT2D eigenvalue weighted by molar-refractivity contribution is 7.13. The number of anilines is 1. The van der Waals surface area contributed by atoms with Gasteiger partial charge in [-0.05, 0) is 43.7 Å². The lowest BCUT2D eigenvalue weighted by Gasteiger charge is -2.35. The molecule has 0 atom stereocenters. The zero-order chi connectivity index (χ0) is 19.7. The van der Waals surface area contributed by atoms with Crippen molar-refractivity contribution in [2.45, 2.75) is 13.8 Å². The van der Waals surface area contributed by atoms with Crippen molar-refractivity contribution in [1.82, 2.24) is 14.9 Å². The summed E-state index contributed by atoms with van der Waals surface area (Å²) in [6.45, 7) is 6.24. The van der Waals surface area contributed by atoms with E-state index in [0.29, 0.717) is 37.3 Å². The quantitative estimate of drug-likeness (QED) is 0.673. The molecule has 1 fully saturated rings. The first kappa shape index (κ1) is 18.6. The van der Waals surface area contributed by atoms with Crippen molar-refractivity contribution < 1.29 is 9.18 Å². The van der Waals surface area contributed by atoms with Crippen LogP contribution in [0.4, 0.5) is 10.2 Å². The highest BCUT2D eigenvalue weighted by Crippen LogP contribution is 2.25. The Morgan fingerprint density at radius 3 is 2.50 bits per heavy atom. The van der Waals surface area contributed by atoms with E-state index in [1.165, 1.54) is 6.07 Å². The maximum atomic E-state index is 13.8. The topological polar surface area (TPSA) is 49.3 Å². The van der Waals surface area contributed by atoms with Crippen LogP contribution in [0.3, 0.4) is 0 Å². The zero-order valence-electron chi connectivity index (χ0n) is 15.9. The van der Waals surface area contributed by atoms with Gasteiger partial charge in [-0.2, -0.15) is 0 Å². The fourth-order valence-corrected chi connectivity index (χ4v) is 4.02. The van der Waals surface area contributed by atoms with Crippen LogP contribution in [0.25, 0.3) is 10.6 Å². The molecule has 0 saturated carbocycles. The van der Waals surface area contributed by atoms with E-state index in [4.69, 9.17) is 0 Å². The number of benzene rings is 1. The second-order valence-electron chi connectivity index (χ2n) is 6.94. The Bertz CT molecular complexity index is 994. The molecule has 5 nitrogen and oxygen atoms in total. The number of thiazole rings is 1. The number of rotatable bonds is 3. The molecule has 2 aromatic heterocycles. The number of nitrogens with zero attached hydrogens (tertiary/aromatic N) is 4. The summed E-state index contributed by atoms with van der Waals surface area (Å²) in [7, 11) is 0. The monoisotopic (exact) mass is 396 g/mol. The van der Waals surface area contributed by atoms with E-state index >= 15 is 0 Å². The van der Waals surface area contributed by atoms with Crippen molar-refractivity contribution in [2.24, 2.45) is 0 Å².